The van der Waals surface area contributed by atoms with E-state index >= 15 is 0 Å². The van der Waals surface area contributed by atoms with Gasteiger partial charge in [0.25, 0.3) is 11.7 Å². The Bertz CT molecular complexity index is 689. The summed E-state index contributed by atoms with van der Waals surface area (Å²) in [6.45, 7) is 1.46. The molecule has 1 atom stereocenters. The van der Waals surface area contributed by atoms with Crippen LogP contribution >= 0.6 is 11.8 Å². The van der Waals surface area contributed by atoms with Crippen LogP contribution in [0.4, 0.5) is 14.5 Å². The number of thioether (sulfide) groups is 1. The van der Waals surface area contributed by atoms with Gasteiger partial charge < -0.3 is 14.5 Å². The molecule has 1 aromatic heterocycles. The number of nitrogens with one attached hydrogen (secondary N) is 1. The molecule has 25 heavy (non-hydrogen) atoms. The van der Waals surface area contributed by atoms with E-state index in [-0.39, 0.29) is 6.42 Å². The summed E-state index contributed by atoms with van der Waals surface area (Å²) in [6, 6.07) is 9.45. The second kappa shape index (κ2) is 9.22. The molecule has 2 rings (SSSR count). The van der Waals surface area contributed by atoms with Gasteiger partial charge in [0.2, 0.25) is 0 Å². The Hall–Kier alpha value is -2.35. The van der Waals surface area contributed by atoms with Gasteiger partial charge in [-0.3, -0.25) is 9.59 Å². The number of halogens is 2. The molecule has 1 aromatic carbocycles. The molecule has 0 bridgehead atoms. The van der Waals surface area contributed by atoms with Crippen LogP contribution in [0.25, 0.3) is 0 Å². The summed E-state index contributed by atoms with van der Waals surface area (Å²) in [5.41, 5.74) is 0.433. The van der Waals surface area contributed by atoms with Gasteiger partial charge in [-0.25, -0.2) is 0 Å². The molecule has 2 aromatic rings. The van der Waals surface area contributed by atoms with Crippen molar-refractivity contribution in [3.05, 3.63) is 48.4 Å². The van der Waals surface area contributed by atoms with Crippen LogP contribution in [0.2, 0.25) is 0 Å². The van der Waals surface area contributed by atoms with Crippen molar-refractivity contribution in [3.8, 4) is 0 Å². The van der Waals surface area contributed by atoms with Crippen molar-refractivity contribution < 1.29 is 27.5 Å². The fraction of sp³-hybridized carbons (Fsp3) is 0.294. The van der Waals surface area contributed by atoms with Gasteiger partial charge in [-0.1, -0.05) is 11.8 Å². The predicted molar refractivity (Wildman–Crippen MR) is 89.5 cm³/mol. The summed E-state index contributed by atoms with van der Waals surface area (Å²) in [4.78, 5) is 24.1. The third-order valence-corrected chi connectivity index (χ3v) is 3.90. The van der Waals surface area contributed by atoms with E-state index < -0.39 is 23.7 Å². The van der Waals surface area contributed by atoms with Crippen molar-refractivity contribution in [2.45, 2.75) is 36.5 Å². The lowest BCUT2D eigenvalue weighted by molar-refractivity contribution is -0.153. The minimum absolute atomic E-state index is 0.102. The third-order valence-electron chi connectivity index (χ3n) is 3.18. The van der Waals surface area contributed by atoms with E-state index in [4.69, 9.17) is 9.15 Å². The van der Waals surface area contributed by atoms with E-state index in [1.54, 1.807) is 12.1 Å². The molecule has 0 spiro atoms. The molecule has 134 valence electrons. The number of alkyl halides is 2. The van der Waals surface area contributed by atoms with E-state index in [1.807, 2.05) is 0 Å². The molecule has 0 aliphatic heterocycles. The predicted octanol–water partition coefficient (Wildman–Crippen LogP) is 4.10. The molecule has 0 saturated heterocycles. The zero-order valence-electron chi connectivity index (χ0n) is 13.4. The molecule has 8 heteroatoms. The van der Waals surface area contributed by atoms with Gasteiger partial charge in [-0.05, 0) is 43.3 Å². The first-order chi connectivity index (χ1) is 11.9. The molecular formula is C17H17F2NO4S. The minimum atomic E-state index is -2.50. The highest BCUT2D eigenvalue weighted by Gasteiger charge is 2.18. The zero-order chi connectivity index (χ0) is 18.2. The Labute approximate surface area is 147 Å². The van der Waals surface area contributed by atoms with E-state index in [0.717, 1.165) is 0 Å². The fourth-order valence-electron chi connectivity index (χ4n) is 1.95. The molecule has 1 amide bonds. The largest absolute Gasteiger partial charge is 0.469 e. The molecular weight excluding hydrogens is 352 g/mol. The number of aryl methyl sites for hydroxylation is 1. The van der Waals surface area contributed by atoms with Gasteiger partial charge in [0.1, 0.15) is 5.76 Å². The summed E-state index contributed by atoms with van der Waals surface area (Å²) in [7, 11) is 0. The maximum atomic E-state index is 12.3. The minimum Gasteiger partial charge on any atom is -0.469 e. The highest BCUT2D eigenvalue weighted by molar-refractivity contribution is 7.99. The van der Waals surface area contributed by atoms with Gasteiger partial charge in [0.15, 0.2) is 6.10 Å². The number of benzene rings is 1. The van der Waals surface area contributed by atoms with Gasteiger partial charge in [0, 0.05) is 17.0 Å². The molecule has 0 saturated carbocycles. The number of furan rings is 1. The Kier molecular flexibility index (Phi) is 7.00. The number of rotatable bonds is 8. The van der Waals surface area contributed by atoms with Crippen LogP contribution in [0.5, 0.6) is 0 Å². The molecule has 1 N–H and O–H groups in total. The highest BCUT2D eigenvalue weighted by atomic mass is 32.2. The summed E-state index contributed by atoms with van der Waals surface area (Å²) >= 11 is 0.422. The zero-order valence-corrected chi connectivity index (χ0v) is 14.2. The number of hydrogen-bond donors (Lipinski definition) is 1. The first kappa shape index (κ1) is 19.0. The number of hydrogen-bond acceptors (Lipinski definition) is 5. The van der Waals surface area contributed by atoms with Crippen molar-refractivity contribution >= 4 is 29.3 Å². The fourth-order valence-corrected chi connectivity index (χ4v) is 2.45. The first-order valence-corrected chi connectivity index (χ1v) is 8.39. The Morgan fingerprint density at radius 1 is 1.24 bits per heavy atom. The van der Waals surface area contributed by atoms with Crippen LogP contribution in [-0.4, -0.2) is 23.7 Å². The van der Waals surface area contributed by atoms with Crippen LogP contribution in [0.3, 0.4) is 0 Å². The number of ether oxygens (including phenoxy) is 1. The monoisotopic (exact) mass is 369 g/mol. The molecule has 0 unspecified atom stereocenters. The summed E-state index contributed by atoms with van der Waals surface area (Å²) in [5, 5.41) is 2.57. The van der Waals surface area contributed by atoms with Crippen LogP contribution in [-0.2, 0) is 20.7 Å². The van der Waals surface area contributed by atoms with Gasteiger partial charge in [0.05, 0.1) is 12.7 Å². The number of carbonyl (C=O) groups excluding carboxylic acids is 2. The van der Waals surface area contributed by atoms with E-state index in [1.165, 1.54) is 37.5 Å². The molecule has 0 radical (unpaired) electrons. The number of anilines is 1. The third kappa shape index (κ3) is 6.58. The van der Waals surface area contributed by atoms with Crippen LogP contribution in [0.15, 0.2) is 52.0 Å². The topological polar surface area (TPSA) is 68.5 Å². The van der Waals surface area contributed by atoms with E-state index in [2.05, 4.69) is 5.32 Å². The molecule has 0 fully saturated rings. The maximum absolute atomic E-state index is 12.3. The quantitative estimate of drug-likeness (QED) is 0.560. The summed E-state index contributed by atoms with van der Waals surface area (Å²) in [6.07, 6.45) is 1.04. The van der Waals surface area contributed by atoms with Gasteiger partial charge >= 0.3 is 5.97 Å². The standard InChI is InChI=1S/C17H17F2NO4S/c1-11(24-15(21)9-6-13-3-2-10-23-13)16(22)20-12-4-7-14(8-5-12)25-17(18)19/h2-5,7-8,10-11,17H,6,9H2,1H3,(H,20,22)/t11-/m1/s1. The second-order valence-electron chi connectivity index (χ2n) is 5.10. The lowest BCUT2D eigenvalue weighted by Gasteiger charge is -2.13. The highest BCUT2D eigenvalue weighted by Crippen LogP contribution is 2.26. The normalized spacial score (nSPS) is 12.0. The van der Waals surface area contributed by atoms with Crippen LogP contribution < -0.4 is 5.32 Å². The Morgan fingerprint density at radius 3 is 2.56 bits per heavy atom. The summed E-state index contributed by atoms with van der Waals surface area (Å²) < 4.78 is 34.7. The lowest BCUT2D eigenvalue weighted by Crippen LogP contribution is -2.30. The van der Waals surface area contributed by atoms with Crippen molar-refractivity contribution in [2.75, 3.05) is 5.32 Å². The smallest absolute Gasteiger partial charge is 0.307 e. The first-order valence-electron chi connectivity index (χ1n) is 7.51. The second-order valence-corrected chi connectivity index (χ2v) is 6.17. The van der Waals surface area contributed by atoms with Crippen LogP contribution in [0, 0.1) is 0 Å². The molecule has 1 heterocycles. The van der Waals surface area contributed by atoms with Gasteiger partial charge in [-0.15, -0.1) is 0 Å². The SMILES string of the molecule is C[C@@H](OC(=O)CCc1ccco1)C(=O)Nc1ccc(SC(F)F)cc1. The molecule has 0 aliphatic rings. The Morgan fingerprint density at radius 2 is 1.96 bits per heavy atom. The Balaban J connectivity index is 1.78. The average Bonchev–Trinajstić information content (AvgIpc) is 3.07. The average molecular weight is 369 g/mol. The van der Waals surface area contributed by atoms with Crippen molar-refractivity contribution in [2.24, 2.45) is 0 Å². The molecule has 0 aliphatic carbocycles. The van der Waals surface area contributed by atoms with E-state index in [9.17, 15) is 18.4 Å². The number of esters is 1. The van der Waals surface area contributed by atoms with Gasteiger partial charge in [-0.2, -0.15) is 8.78 Å². The summed E-state index contributed by atoms with van der Waals surface area (Å²) in [5.74, 6) is -2.85. The van der Waals surface area contributed by atoms with E-state index in [0.29, 0.717) is 34.5 Å². The van der Waals surface area contributed by atoms with Crippen molar-refractivity contribution in [3.63, 3.8) is 0 Å². The van der Waals surface area contributed by atoms with Crippen LogP contribution in [0.1, 0.15) is 19.1 Å². The lowest BCUT2D eigenvalue weighted by atomic mass is 10.2. The van der Waals surface area contributed by atoms with Crippen molar-refractivity contribution in [1.82, 2.24) is 0 Å². The number of carbonyl (C=O) groups is 2. The maximum Gasteiger partial charge on any atom is 0.307 e. The molecule has 5 nitrogen and oxygen atoms in total. The van der Waals surface area contributed by atoms with Crippen molar-refractivity contribution in [1.29, 1.82) is 0 Å². The number of amides is 1.